The molecule has 0 saturated heterocycles. The molecular formula is C31H51FO4. The number of methoxy groups -OCH3 is 1. The van der Waals surface area contributed by atoms with E-state index in [4.69, 9.17) is 14.2 Å². The van der Waals surface area contributed by atoms with Gasteiger partial charge in [0, 0.05) is 12.7 Å². The molecule has 36 heavy (non-hydrogen) atoms. The van der Waals surface area contributed by atoms with Crippen LogP contribution in [0.25, 0.3) is 0 Å². The summed E-state index contributed by atoms with van der Waals surface area (Å²) < 4.78 is 30.8. The molecule has 0 amide bonds. The molecule has 3 rings (SSSR count). The Bertz CT molecular complexity index is 738. The number of ether oxygens (including phenoxy) is 3. The van der Waals surface area contributed by atoms with Gasteiger partial charge < -0.3 is 19.3 Å². The zero-order valence-electron chi connectivity index (χ0n) is 23.1. The second-order valence-corrected chi connectivity index (χ2v) is 11.3. The zero-order chi connectivity index (χ0) is 25.8. The lowest BCUT2D eigenvalue weighted by Crippen LogP contribution is -2.26. The summed E-state index contributed by atoms with van der Waals surface area (Å²) in [6, 6.07) is 3.33. The van der Waals surface area contributed by atoms with Crippen LogP contribution in [0.5, 0.6) is 11.5 Å². The fourth-order valence-corrected chi connectivity index (χ4v) is 6.67. The molecule has 0 radical (unpaired) electrons. The van der Waals surface area contributed by atoms with E-state index in [1.165, 1.54) is 84.2 Å². The summed E-state index contributed by atoms with van der Waals surface area (Å²) in [5.74, 6) is 2.83. The van der Waals surface area contributed by atoms with Crippen LogP contribution in [0.2, 0.25) is 0 Å². The molecule has 2 fully saturated rings. The third kappa shape index (κ3) is 8.62. The Morgan fingerprint density at radius 3 is 2.11 bits per heavy atom. The molecule has 0 bridgehead atoms. The van der Waals surface area contributed by atoms with Crippen molar-refractivity contribution in [2.75, 3.05) is 20.5 Å². The first-order valence-electron chi connectivity index (χ1n) is 14.8. The lowest BCUT2D eigenvalue weighted by atomic mass is 9.68. The van der Waals surface area contributed by atoms with Crippen molar-refractivity contribution in [1.29, 1.82) is 0 Å². The molecule has 1 aromatic rings. The minimum absolute atomic E-state index is 0.0473. The maximum absolute atomic E-state index is 15.0. The van der Waals surface area contributed by atoms with E-state index in [-0.39, 0.29) is 18.3 Å². The number of hydrogen-bond donors (Lipinski definition) is 1. The molecule has 0 aromatic heterocycles. The molecule has 2 aliphatic rings. The highest BCUT2D eigenvalue weighted by Crippen LogP contribution is 2.45. The van der Waals surface area contributed by atoms with Gasteiger partial charge >= 0.3 is 0 Å². The van der Waals surface area contributed by atoms with Crippen LogP contribution < -0.4 is 9.47 Å². The van der Waals surface area contributed by atoms with Gasteiger partial charge in [-0.25, -0.2) is 0 Å². The van der Waals surface area contributed by atoms with Gasteiger partial charge in [-0.05, 0) is 74.8 Å². The molecule has 0 aliphatic heterocycles. The smallest absolute Gasteiger partial charge is 0.207 e. The van der Waals surface area contributed by atoms with E-state index in [1.54, 1.807) is 12.1 Å². The van der Waals surface area contributed by atoms with E-state index in [0.29, 0.717) is 24.5 Å². The Morgan fingerprint density at radius 1 is 0.861 bits per heavy atom. The quantitative estimate of drug-likeness (QED) is 0.191. The van der Waals surface area contributed by atoms with Crippen molar-refractivity contribution in [3.63, 3.8) is 0 Å². The predicted octanol–water partition coefficient (Wildman–Crippen LogP) is 8.60. The minimum atomic E-state index is -0.753. The van der Waals surface area contributed by atoms with E-state index < -0.39 is 11.9 Å². The summed E-state index contributed by atoms with van der Waals surface area (Å²) in [7, 11) is 1.50. The average molecular weight is 507 g/mol. The van der Waals surface area contributed by atoms with Crippen LogP contribution in [0.1, 0.15) is 122 Å². The Balaban J connectivity index is 1.44. The van der Waals surface area contributed by atoms with Crippen LogP contribution in [0.15, 0.2) is 12.1 Å². The molecule has 1 aromatic carbocycles. The van der Waals surface area contributed by atoms with E-state index in [9.17, 15) is 9.50 Å². The molecule has 2 saturated carbocycles. The van der Waals surface area contributed by atoms with Gasteiger partial charge in [-0.2, -0.15) is 4.39 Å². The van der Waals surface area contributed by atoms with Crippen LogP contribution in [-0.2, 0) is 4.74 Å². The number of rotatable bonds is 15. The van der Waals surface area contributed by atoms with Crippen LogP contribution in [0.3, 0.4) is 0 Å². The number of benzene rings is 1. The molecular weight excluding hydrogens is 455 g/mol. The zero-order valence-corrected chi connectivity index (χ0v) is 23.1. The summed E-state index contributed by atoms with van der Waals surface area (Å²) in [4.78, 5) is 0. The number of unbranched alkanes of at least 4 members (excludes halogenated alkanes) is 4. The van der Waals surface area contributed by atoms with E-state index >= 15 is 0 Å². The monoisotopic (exact) mass is 506 g/mol. The van der Waals surface area contributed by atoms with Crippen LogP contribution in [0, 0.1) is 29.5 Å². The van der Waals surface area contributed by atoms with Gasteiger partial charge in [-0.1, -0.05) is 71.1 Å². The van der Waals surface area contributed by atoms with Gasteiger partial charge in [0.1, 0.15) is 0 Å². The fraction of sp³-hybridized carbons (Fsp3) is 0.806. The Hall–Kier alpha value is -1.33. The molecule has 2 aliphatic carbocycles. The van der Waals surface area contributed by atoms with Crippen molar-refractivity contribution in [3.05, 3.63) is 23.5 Å². The SMILES string of the molecule is CCCCCCCC1CCC(C2CCC(CC(O)c3ccc(OCC)c(F)c3OCOC)CC2)CC1. The molecule has 0 spiro atoms. The van der Waals surface area contributed by atoms with Crippen molar-refractivity contribution in [3.8, 4) is 11.5 Å². The first kappa shape index (κ1) is 29.2. The number of aliphatic hydroxyl groups excluding tert-OH is 1. The summed E-state index contributed by atoms with van der Waals surface area (Å²) in [5, 5.41) is 11.0. The number of halogens is 1. The Morgan fingerprint density at radius 2 is 1.50 bits per heavy atom. The van der Waals surface area contributed by atoms with Gasteiger partial charge in [0.05, 0.1) is 12.7 Å². The maximum atomic E-state index is 15.0. The van der Waals surface area contributed by atoms with Gasteiger partial charge in [-0.15, -0.1) is 0 Å². The van der Waals surface area contributed by atoms with Crippen molar-refractivity contribution in [2.45, 2.75) is 116 Å². The van der Waals surface area contributed by atoms with Crippen molar-refractivity contribution >= 4 is 0 Å². The highest BCUT2D eigenvalue weighted by atomic mass is 19.1. The Labute approximate surface area is 219 Å². The van der Waals surface area contributed by atoms with Crippen molar-refractivity contribution < 1.29 is 23.7 Å². The first-order valence-corrected chi connectivity index (χ1v) is 14.8. The summed E-state index contributed by atoms with van der Waals surface area (Å²) in [6.07, 6.45) is 18.9. The minimum Gasteiger partial charge on any atom is -0.491 e. The number of aliphatic hydroxyl groups is 1. The second kappa shape index (κ2) is 15.8. The molecule has 0 heterocycles. The molecule has 1 atom stereocenters. The highest BCUT2D eigenvalue weighted by molar-refractivity contribution is 5.44. The van der Waals surface area contributed by atoms with Gasteiger partial charge in [0.2, 0.25) is 5.82 Å². The molecule has 5 heteroatoms. The highest BCUT2D eigenvalue weighted by Gasteiger charge is 2.32. The van der Waals surface area contributed by atoms with Gasteiger partial charge in [-0.3, -0.25) is 0 Å². The largest absolute Gasteiger partial charge is 0.491 e. The summed E-state index contributed by atoms with van der Waals surface area (Å²) >= 11 is 0. The van der Waals surface area contributed by atoms with Crippen LogP contribution in [0.4, 0.5) is 4.39 Å². The molecule has 206 valence electrons. The Kier molecular flexibility index (Phi) is 12.8. The van der Waals surface area contributed by atoms with Crippen LogP contribution in [-0.4, -0.2) is 25.6 Å². The third-order valence-corrected chi connectivity index (χ3v) is 8.79. The van der Waals surface area contributed by atoms with E-state index in [1.807, 2.05) is 6.92 Å². The lowest BCUT2D eigenvalue weighted by molar-refractivity contribution is 0.0427. The van der Waals surface area contributed by atoms with Gasteiger partial charge in [0.15, 0.2) is 18.3 Å². The van der Waals surface area contributed by atoms with E-state index in [2.05, 4.69) is 6.92 Å². The lowest BCUT2D eigenvalue weighted by Gasteiger charge is -2.38. The maximum Gasteiger partial charge on any atom is 0.207 e. The standard InChI is InChI=1S/C31H51FO4/c1-4-6-7-8-9-10-23-11-15-25(16-12-23)26-17-13-24(14-18-26)21-28(33)27-19-20-29(35-5-2)30(32)31(27)36-22-34-3/h19-20,23-26,28,33H,4-18,21-22H2,1-3H3. The average Bonchev–Trinajstić information content (AvgIpc) is 2.90. The summed E-state index contributed by atoms with van der Waals surface area (Å²) in [6.45, 7) is 4.40. The normalized spacial score (nSPS) is 25.5. The predicted molar refractivity (Wildman–Crippen MR) is 144 cm³/mol. The fourth-order valence-electron chi connectivity index (χ4n) is 6.67. The van der Waals surface area contributed by atoms with E-state index in [0.717, 1.165) is 30.6 Å². The van der Waals surface area contributed by atoms with Crippen LogP contribution >= 0.6 is 0 Å². The third-order valence-electron chi connectivity index (χ3n) is 8.79. The molecule has 1 N–H and O–H groups in total. The summed E-state index contributed by atoms with van der Waals surface area (Å²) in [5.41, 5.74) is 0.489. The number of hydrogen-bond acceptors (Lipinski definition) is 4. The topological polar surface area (TPSA) is 47.9 Å². The first-order chi connectivity index (χ1) is 17.6. The van der Waals surface area contributed by atoms with Crippen molar-refractivity contribution in [2.24, 2.45) is 23.7 Å². The molecule has 1 unspecified atom stereocenters. The van der Waals surface area contributed by atoms with Crippen molar-refractivity contribution in [1.82, 2.24) is 0 Å². The second-order valence-electron chi connectivity index (χ2n) is 11.3. The van der Waals surface area contributed by atoms with Gasteiger partial charge in [0.25, 0.3) is 0 Å². The molecule has 4 nitrogen and oxygen atoms in total.